The first-order chi connectivity index (χ1) is 11.7. The number of thioether (sulfide) groups is 1. The van der Waals surface area contributed by atoms with Crippen LogP contribution in [-0.2, 0) is 12.3 Å². The first-order valence-electron chi connectivity index (χ1n) is 8.29. The summed E-state index contributed by atoms with van der Waals surface area (Å²) in [5.41, 5.74) is 0.899. The number of hydrogen-bond acceptors (Lipinski definition) is 3. The fourth-order valence-corrected chi connectivity index (χ4v) is 4.42. The molecule has 128 valence electrons. The third-order valence-corrected chi connectivity index (χ3v) is 5.77. The molecule has 1 aliphatic carbocycles. The van der Waals surface area contributed by atoms with Crippen LogP contribution < -0.4 is 0 Å². The van der Waals surface area contributed by atoms with Crippen LogP contribution in [0.4, 0.5) is 4.39 Å². The average molecular weight is 366 g/mol. The second kappa shape index (κ2) is 8.17. The third kappa shape index (κ3) is 4.01. The van der Waals surface area contributed by atoms with Gasteiger partial charge in [0.25, 0.3) is 0 Å². The summed E-state index contributed by atoms with van der Waals surface area (Å²) in [7, 11) is 0. The molecule has 0 unspecified atom stereocenters. The predicted molar refractivity (Wildman–Crippen MR) is 97.0 cm³/mol. The van der Waals surface area contributed by atoms with Crippen molar-refractivity contribution in [2.24, 2.45) is 0 Å². The van der Waals surface area contributed by atoms with E-state index < -0.39 is 0 Å². The summed E-state index contributed by atoms with van der Waals surface area (Å²) in [4.78, 5) is 0. The van der Waals surface area contributed by atoms with Gasteiger partial charge in [-0.1, -0.05) is 54.8 Å². The Balaban J connectivity index is 1.77. The van der Waals surface area contributed by atoms with E-state index in [0.717, 1.165) is 16.5 Å². The van der Waals surface area contributed by atoms with Crippen molar-refractivity contribution >= 4 is 23.4 Å². The van der Waals surface area contributed by atoms with Crippen LogP contribution in [0.15, 0.2) is 36.0 Å². The van der Waals surface area contributed by atoms with Gasteiger partial charge in [-0.05, 0) is 30.5 Å². The molecule has 0 radical (unpaired) electrons. The van der Waals surface area contributed by atoms with E-state index in [4.69, 9.17) is 11.6 Å². The summed E-state index contributed by atoms with van der Waals surface area (Å²) in [5, 5.41) is 10.2. The summed E-state index contributed by atoms with van der Waals surface area (Å²) >= 11 is 7.69. The molecule has 0 saturated heterocycles. The Morgan fingerprint density at radius 2 is 2.08 bits per heavy atom. The minimum atomic E-state index is -0.317. The lowest BCUT2D eigenvalue weighted by atomic mass is 9.89. The lowest BCUT2D eigenvalue weighted by Crippen LogP contribution is -2.12. The smallest absolute Gasteiger partial charge is 0.191 e. The fourth-order valence-electron chi connectivity index (χ4n) is 3.15. The van der Waals surface area contributed by atoms with Gasteiger partial charge >= 0.3 is 0 Å². The average Bonchev–Trinajstić information content (AvgIpc) is 2.98. The van der Waals surface area contributed by atoms with Crippen molar-refractivity contribution in [3.63, 3.8) is 0 Å². The summed E-state index contributed by atoms with van der Waals surface area (Å²) < 4.78 is 15.3. The van der Waals surface area contributed by atoms with E-state index in [-0.39, 0.29) is 5.82 Å². The van der Waals surface area contributed by atoms with E-state index in [1.165, 1.54) is 44.2 Å². The molecule has 0 amide bonds. The molecule has 0 bridgehead atoms. The van der Waals surface area contributed by atoms with Crippen LogP contribution in [-0.4, -0.2) is 14.8 Å². The molecule has 1 fully saturated rings. The van der Waals surface area contributed by atoms with Gasteiger partial charge in [0.05, 0.1) is 0 Å². The number of allylic oxidation sites excluding steroid dienone is 1. The minimum absolute atomic E-state index is 0.317. The van der Waals surface area contributed by atoms with Gasteiger partial charge in [0.1, 0.15) is 11.6 Å². The van der Waals surface area contributed by atoms with Crippen molar-refractivity contribution in [1.82, 2.24) is 14.8 Å². The topological polar surface area (TPSA) is 30.7 Å². The van der Waals surface area contributed by atoms with Gasteiger partial charge in [-0.2, -0.15) is 0 Å². The molecular weight excluding hydrogens is 345 g/mol. The third-order valence-electron chi connectivity index (χ3n) is 4.40. The number of halogens is 2. The van der Waals surface area contributed by atoms with E-state index in [2.05, 4.69) is 21.3 Å². The van der Waals surface area contributed by atoms with Crippen LogP contribution in [0.25, 0.3) is 0 Å². The number of benzene rings is 1. The van der Waals surface area contributed by atoms with Crippen LogP contribution in [0.1, 0.15) is 49.4 Å². The molecule has 6 heteroatoms. The van der Waals surface area contributed by atoms with Crippen molar-refractivity contribution in [2.45, 2.75) is 55.5 Å². The van der Waals surface area contributed by atoms with Crippen LogP contribution in [0.5, 0.6) is 0 Å². The van der Waals surface area contributed by atoms with Crippen LogP contribution in [0.2, 0.25) is 5.02 Å². The maximum atomic E-state index is 13.2. The lowest BCUT2D eigenvalue weighted by molar-refractivity contribution is 0.415. The Bertz CT molecular complexity index is 710. The molecule has 1 aromatic heterocycles. The van der Waals surface area contributed by atoms with Crippen molar-refractivity contribution in [1.29, 1.82) is 0 Å². The second-order valence-electron chi connectivity index (χ2n) is 6.10. The van der Waals surface area contributed by atoms with Gasteiger partial charge in [-0.25, -0.2) is 4.39 Å². The highest BCUT2D eigenvalue weighted by Crippen LogP contribution is 2.34. The number of aromatic nitrogens is 3. The van der Waals surface area contributed by atoms with Crippen LogP contribution in [0.3, 0.4) is 0 Å². The fraction of sp³-hybridized carbons (Fsp3) is 0.444. The minimum Gasteiger partial charge on any atom is -0.302 e. The van der Waals surface area contributed by atoms with E-state index in [1.54, 1.807) is 17.8 Å². The molecule has 0 N–H and O–H groups in total. The highest BCUT2D eigenvalue weighted by atomic mass is 35.5. The maximum Gasteiger partial charge on any atom is 0.191 e. The summed E-state index contributed by atoms with van der Waals surface area (Å²) in [5.74, 6) is 1.89. The van der Waals surface area contributed by atoms with Gasteiger partial charge in [0.2, 0.25) is 0 Å². The second-order valence-corrected chi connectivity index (χ2v) is 7.45. The van der Waals surface area contributed by atoms with Gasteiger partial charge in [0.15, 0.2) is 5.16 Å². The molecule has 0 spiro atoms. The molecule has 1 aromatic carbocycles. The van der Waals surface area contributed by atoms with Gasteiger partial charge in [-0.3, -0.25) is 0 Å². The zero-order chi connectivity index (χ0) is 16.9. The Hall–Kier alpha value is -1.33. The van der Waals surface area contributed by atoms with Crippen molar-refractivity contribution in [3.05, 3.63) is 53.1 Å². The summed E-state index contributed by atoms with van der Waals surface area (Å²) in [6.45, 7) is 4.56. The zero-order valence-corrected chi connectivity index (χ0v) is 15.1. The van der Waals surface area contributed by atoms with Crippen molar-refractivity contribution < 1.29 is 4.39 Å². The molecule has 0 aliphatic heterocycles. The highest BCUT2D eigenvalue weighted by molar-refractivity contribution is 7.98. The first-order valence-corrected chi connectivity index (χ1v) is 9.66. The largest absolute Gasteiger partial charge is 0.302 e. The van der Waals surface area contributed by atoms with E-state index >= 15 is 0 Å². The van der Waals surface area contributed by atoms with E-state index in [1.807, 2.05) is 6.08 Å². The molecule has 1 heterocycles. The molecule has 1 aliphatic rings. The van der Waals surface area contributed by atoms with E-state index in [0.29, 0.717) is 23.2 Å². The van der Waals surface area contributed by atoms with Crippen molar-refractivity contribution in [3.8, 4) is 0 Å². The normalized spacial score (nSPS) is 15.6. The molecule has 0 atom stereocenters. The quantitative estimate of drug-likeness (QED) is 0.493. The Morgan fingerprint density at radius 3 is 2.79 bits per heavy atom. The SMILES string of the molecule is C=CCn1c(SCc2ccc(F)cc2Cl)nnc1C1CCCCC1. The number of nitrogens with zero attached hydrogens (tertiary/aromatic N) is 3. The van der Waals surface area contributed by atoms with Crippen molar-refractivity contribution in [2.75, 3.05) is 0 Å². The molecule has 2 aromatic rings. The van der Waals surface area contributed by atoms with Gasteiger partial charge in [0, 0.05) is 23.2 Å². The molecule has 1 saturated carbocycles. The number of hydrogen-bond donors (Lipinski definition) is 0. The molecule has 24 heavy (non-hydrogen) atoms. The maximum absolute atomic E-state index is 13.2. The first kappa shape index (κ1) is 17.5. The molecular formula is C18H21ClFN3S. The summed E-state index contributed by atoms with van der Waals surface area (Å²) in [6, 6.07) is 4.50. The molecule has 3 nitrogen and oxygen atoms in total. The monoisotopic (exact) mass is 365 g/mol. The van der Waals surface area contributed by atoms with Gasteiger partial charge < -0.3 is 4.57 Å². The Morgan fingerprint density at radius 1 is 1.29 bits per heavy atom. The Labute approximate surface area is 151 Å². The Kier molecular flexibility index (Phi) is 5.95. The van der Waals surface area contributed by atoms with E-state index in [9.17, 15) is 4.39 Å². The lowest BCUT2D eigenvalue weighted by Gasteiger charge is -2.21. The zero-order valence-electron chi connectivity index (χ0n) is 13.5. The standard InChI is InChI=1S/C18H21ClFN3S/c1-2-10-23-17(13-6-4-3-5-7-13)21-22-18(23)24-12-14-8-9-15(20)11-16(14)19/h2,8-9,11,13H,1,3-7,10,12H2. The highest BCUT2D eigenvalue weighted by Gasteiger charge is 2.23. The van der Waals surface area contributed by atoms with Crippen LogP contribution in [0, 0.1) is 5.82 Å². The predicted octanol–water partition coefficient (Wildman–Crippen LogP) is 5.60. The number of rotatable bonds is 6. The molecule has 3 rings (SSSR count). The van der Waals surface area contributed by atoms with Gasteiger partial charge in [-0.15, -0.1) is 16.8 Å². The summed E-state index contributed by atoms with van der Waals surface area (Å²) in [6.07, 6.45) is 8.09. The van der Waals surface area contributed by atoms with Crippen LogP contribution >= 0.6 is 23.4 Å².